The molecule has 0 saturated heterocycles. The number of fused-ring (bicyclic) bond motifs is 18. The Morgan fingerprint density at radius 2 is 1.10 bits per heavy atom. The van der Waals surface area contributed by atoms with Crippen molar-refractivity contribution in [2.24, 2.45) is 0 Å². The minimum Gasteiger partial charge on any atom is -0.452 e. The van der Waals surface area contributed by atoms with Crippen LogP contribution >= 0.6 is 11.3 Å². The Bertz CT molecular complexity index is 4130. The molecule has 0 saturated carbocycles. The van der Waals surface area contributed by atoms with Gasteiger partial charge < -0.3 is 8.98 Å². The van der Waals surface area contributed by atoms with Crippen molar-refractivity contribution in [3.05, 3.63) is 182 Å². The van der Waals surface area contributed by atoms with Gasteiger partial charge in [0, 0.05) is 58.4 Å². The first-order valence-corrected chi connectivity index (χ1v) is 21.1. The Hall–Kier alpha value is -7.80. The minimum absolute atomic E-state index is 0.597. The quantitative estimate of drug-likeness (QED) is 0.179. The second kappa shape index (κ2) is 11.9. The lowest BCUT2D eigenvalue weighted by atomic mass is 9.96. The maximum atomic E-state index is 6.76. The molecular formula is C54H30N4OS. The van der Waals surface area contributed by atoms with Crippen molar-refractivity contribution in [1.82, 2.24) is 19.1 Å². The number of aromatic nitrogens is 4. The van der Waals surface area contributed by atoms with Gasteiger partial charge in [0.1, 0.15) is 16.8 Å². The molecule has 0 aliphatic rings. The third kappa shape index (κ3) is 4.19. The molecular weight excluding hydrogens is 753 g/mol. The van der Waals surface area contributed by atoms with Gasteiger partial charge in [-0.1, -0.05) is 140 Å². The van der Waals surface area contributed by atoms with E-state index in [4.69, 9.17) is 14.4 Å². The molecule has 0 unspecified atom stereocenters. The third-order valence-electron chi connectivity index (χ3n) is 12.5. The lowest BCUT2D eigenvalue weighted by Crippen LogP contribution is -2.04. The largest absolute Gasteiger partial charge is 0.452 e. The van der Waals surface area contributed by atoms with Gasteiger partial charge >= 0.3 is 0 Å². The topological polar surface area (TPSA) is 48.8 Å². The van der Waals surface area contributed by atoms with E-state index in [1.165, 1.54) is 57.9 Å². The van der Waals surface area contributed by atoms with Crippen LogP contribution in [0.2, 0.25) is 0 Å². The van der Waals surface area contributed by atoms with Crippen LogP contribution < -0.4 is 0 Å². The summed E-state index contributed by atoms with van der Waals surface area (Å²) in [6.07, 6.45) is 0. The first-order chi connectivity index (χ1) is 29.8. The lowest BCUT2D eigenvalue weighted by molar-refractivity contribution is 0.666. The summed E-state index contributed by atoms with van der Waals surface area (Å²) in [6, 6.07) is 65.2. The molecule has 0 bridgehead atoms. The molecule has 0 aliphatic carbocycles. The second-order valence-corrected chi connectivity index (χ2v) is 16.7. The molecule has 0 fully saturated rings. The van der Waals surface area contributed by atoms with Crippen LogP contribution in [0.5, 0.6) is 0 Å². The summed E-state index contributed by atoms with van der Waals surface area (Å²) in [5, 5.41) is 13.0. The summed E-state index contributed by atoms with van der Waals surface area (Å²) >= 11 is 1.80. The lowest BCUT2D eigenvalue weighted by Gasteiger charge is -2.14. The van der Waals surface area contributed by atoms with Crippen LogP contribution in [0.15, 0.2) is 186 Å². The zero-order chi connectivity index (χ0) is 39.1. The van der Waals surface area contributed by atoms with Crippen molar-refractivity contribution in [2.45, 2.75) is 0 Å². The van der Waals surface area contributed by atoms with Gasteiger partial charge in [0.2, 0.25) is 5.95 Å². The van der Waals surface area contributed by atoms with E-state index < -0.39 is 0 Å². The average molecular weight is 783 g/mol. The minimum atomic E-state index is 0.597. The average Bonchev–Trinajstić information content (AvgIpc) is 4.07. The highest BCUT2D eigenvalue weighted by atomic mass is 32.1. The van der Waals surface area contributed by atoms with Gasteiger partial charge in [0.25, 0.3) is 0 Å². The zero-order valence-electron chi connectivity index (χ0n) is 31.9. The molecule has 0 radical (unpaired) electrons. The van der Waals surface area contributed by atoms with Crippen molar-refractivity contribution >= 4 is 119 Å². The number of hydrogen-bond donors (Lipinski definition) is 0. The summed E-state index contributed by atoms with van der Waals surface area (Å²) in [6.45, 7) is 0. The molecule has 60 heavy (non-hydrogen) atoms. The van der Waals surface area contributed by atoms with Crippen LogP contribution in [-0.4, -0.2) is 19.1 Å². The van der Waals surface area contributed by atoms with E-state index in [0.29, 0.717) is 11.5 Å². The van der Waals surface area contributed by atoms with Crippen molar-refractivity contribution in [3.8, 4) is 22.9 Å². The molecule has 278 valence electrons. The van der Waals surface area contributed by atoms with Crippen LogP contribution in [0, 0.1) is 0 Å². The Morgan fingerprint density at radius 3 is 1.97 bits per heavy atom. The smallest absolute Gasteiger partial charge is 0.236 e. The normalized spacial score (nSPS) is 12.3. The molecule has 0 spiro atoms. The van der Waals surface area contributed by atoms with E-state index in [1.54, 1.807) is 11.3 Å². The molecule has 0 aliphatic heterocycles. The molecule has 6 heteroatoms. The molecule has 0 atom stereocenters. The van der Waals surface area contributed by atoms with E-state index in [0.717, 1.165) is 60.9 Å². The summed E-state index contributed by atoms with van der Waals surface area (Å²) in [4.78, 5) is 11.2. The van der Waals surface area contributed by atoms with E-state index in [9.17, 15) is 0 Å². The summed E-state index contributed by atoms with van der Waals surface area (Å²) in [5.74, 6) is 0.597. The highest BCUT2D eigenvalue weighted by Crippen LogP contribution is 2.49. The maximum absolute atomic E-state index is 6.76. The Kier molecular flexibility index (Phi) is 6.38. The molecule has 14 rings (SSSR count). The standard InChI is InChI=1S/C54H30N4OS/c1-2-16-32(17-3-1)57-42-30-29-31-15-4-5-18-33(31)46(42)47-36-21-7-6-20-35(36)45-38-22-8-11-26-41(38)58(50(45)51(47)57)54-55-48-39-23-9-12-27-43(39)59-52(48)49(56-54)40-25-14-24-37-34-19-10-13-28-44(34)60-53(37)40/h1-30H. The van der Waals surface area contributed by atoms with E-state index in [1.807, 2.05) is 12.1 Å². The van der Waals surface area contributed by atoms with E-state index >= 15 is 0 Å². The van der Waals surface area contributed by atoms with Gasteiger partial charge in [0.15, 0.2) is 5.58 Å². The van der Waals surface area contributed by atoms with E-state index in [2.05, 4.69) is 179 Å². The van der Waals surface area contributed by atoms with Crippen molar-refractivity contribution < 1.29 is 4.42 Å². The SMILES string of the molecule is c1ccc(-n2c3ccc4ccccc4c3c3c4ccccc4c4c5ccccc5n(-c5nc(-c6cccc7c6sc6ccccc67)c6oc7ccccc7c6n5)c4c32)cc1. The highest BCUT2D eigenvalue weighted by molar-refractivity contribution is 7.26. The number of hydrogen-bond acceptors (Lipinski definition) is 4. The molecule has 5 nitrogen and oxygen atoms in total. The van der Waals surface area contributed by atoms with Gasteiger partial charge in [-0.15, -0.1) is 11.3 Å². The van der Waals surface area contributed by atoms with Gasteiger partial charge in [-0.3, -0.25) is 4.57 Å². The van der Waals surface area contributed by atoms with Crippen molar-refractivity contribution in [3.63, 3.8) is 0 Å². The number of benzene rings is 9. The Morgan fingerprint density at radius 1 is 0.433 bits per heavy atom. The van der Waals surface area contributed by atoms with Gasteiger partial charge in [0.05, 0.1) is 22.1 Å². The molecule has 0 amide bonds. The summed E-state index contributed by atoms with van der Waals surface area (Å²) < 4.78 is 14.0. The van der Waals surface area contributed by atoms with Crippen molar-refractivity contribution in [2.75, 3.05) is 0 Å². The number of furan rings is 1. The summed E-state index contributed by atoms with van der Waals surface area (Å²) in [7, 11) is 0. The zero-order valence-corrected chi connectivity index (χ0v) is 32.7. The summed E-state index contributed by atoms with van der Waals surface area (Å²) in [5.41, 5.74) is 9.54. The fourth-order valence-corrected chi connectivity index (χ4v) is 11.3. The number of para-hydroxylation sites is 3. The fraction of sp³-hybridized carbons (Fsp3) is 0. The maximum Gasteiger partial charge on any atom is 0.236 e. The third-order valence-corrected chi connectivity index (χ3v) is 13.7. The number of thiophene rings is 1. The predicted octanol–water partition coefficient (Wildman–Crippen LogP) is 14.9. The van der Waals surface area contributed by atoms with Gasteiger partial charge in [-0.05, 0) is 64.0 Å². The van der Waals surface area contributed by atoms with Gasteiger partial charge in [-0.2, -0.15) is 0 Å². The molecule has 5 aromatic heterocycles. The highest BCUT2D eigenvalue weighted by Gasteiger charge is 2.28. The molecule has 9 aromatic carbocycles. The Balaban J connectivity index is 1.24. The monoisotopic (exact) mass is 782 g/mol. The molecule has 5 heterocycles. The van der Waals surface area contributed by atoms with Crippen LogP contribution in [0.4, 0.5) is 0 Å². The van der Waals surface area contributed by atoms with Crippen LogP contribution in [0.25, 0.3) is 130 Å². The fourth-order valence-electron chi connectivity index (χ4n) is 10.1. The van der Waals surface area contributed by atoms with Gasteiger partial charge in [-0.25, -0.2) is 9.97 Å². The first kappa shape index (κ1) is 32.2. The van der Waals surface area contributed by atoms with Crippen LogP contribution in [-0.2, 0) is 0 Å². The van der Waals surface area contributed by atoms with Crippen LogP contribution in [0.1, 0.15) is 0 Å². The second-order valence-electron chi connectivity index (χ2n) is 15.6. The van der Waals surface area contributed by atoms with E-state index in [-0.39, 0.29) is 0 Å². The van der Waals surface area contributed by atoms with Crippen molar-refractivity contribution in [1.29, 1.82) is 0 Å². The first-order valence-electron chi connectivity index (χ1n) is 20.3. The predicted molar refractivity (Wildman–Crippen MR) is 251 cm³/mol. The molecule has 14 aromatic rings. The number of nitrogens with zero attached hydrogens (tertiary/aromatic N) is 4. The number of rotatable bonds is 3. The molecule has 0 N–H and O–H groups in total. The Labute approximate surface area is 345 Å². The van der Waals surface area contributed by atoms with Crippen LogP contribution in [0.3, 0.4) is 0 Å².